The van der Waals surface area contributed by atoms with Gasteiger partial charge in [-0.1, -0.05) is 43.3 Å². The van der Waals surface area contributed by atoms with Gasteiger partial charge in [-0.3, -0.25) is 4.79 Å². The number of aromatic hydroxyl groups is 1. The van der Waals surface area contributed by atoms with Crippen molar-refractivity contribution in [1.82, 2.24) is 0 Å². The van der Waals surface area contributed by atoms with Crippen LogP contribution in [-0.2, 0) is 11.2 Å². The van der Waals surface area contributed by atoms with E-state index < -0.39 is 0 Å². The summed E-state index contributed by atoms with van der Waals surface area (Å²) in [6.07, 6.45) is 7.25. The number of aryl methyl sites for hydroxylation is 1. The second kappa shape index (κ2) is 6.09. The fraction of sp³-hybridized carbons (Fsp3) is 0.400. The number of phenols is 1. The molecule has 0 heterocycles. The van der Waals surface area contributed by atoms with Crippen LogP contribution in [0.2, 0.25) is 0 Å². The van der Waals surface area contributed by atoms with Crippen molar-refractivity contribution in [2.24, 2.45) is 17.3 Å². The van der Waals surface area contributed by atoms with Gasteiger partial charge in [0.15, 0.2) is 5.78 Å². The minimum absolute atomic E-state index is 0.198. The zero-order valence-electron chi connectivity index (χ0n) is 15.8. The highest BCUT2D eigenvalue weighted by molar-refractivity contribution is 6.06. The van der Waals surface area contributed by atoms with Crippen molar-refractivity contribution < 1.29 is 9.90 Å². The van der Waals surface area contributed by atoms with E-state index in [9.17, 15) is 9.90 Å². The Bertz CT molecular complexity index is 927. The van der Waals surface area contributed by atoms with Gasteiger partial charge in [-0.2, -0.15) is 0 Å². The molecule has 0 aromatic heterocycles. The molecule has 138 valence electrons. The number of allylic oxidation sites excluding steroid dienone is 1. The van der Waals surface area contributed by atoms with Crippen LogP contribution in [0.25, 0.3) is 6.08 Å². The predicted octanol–water partition coefficient (Wildman–Crippen LogP) is 5.51. The van der Waals surface area contributed by atoms with Crippen LogP contribution >= 0.6 is 0 Å². The fourth-order valence-electron chi connectivity index (χ4n) is 6.12. The maximum absolute atomic E-state index is 13.3. The third-order valence-corrected chi connectivity index (χ3v) is 7.49. The molecule has 2 aromatic carbocycles. The minimum atomic E-state index is -0.198. The first-order valence-electron chi connectivity index (χ1n) is 10.2. The molecule has 3 aliphatic rings. The molecule has 2 aromatic rings. The number of ketones is 1. The zero-order valence-corrected chi connectivity index (χ0v) is 15.8. The van der Waals surface area contributed by atoms with Gasteiger partial charge in [-0.15, -0.1) is 0 Å². The van der Waals surface area contributed by atoms with Gasteiger partial charge in [-0.05, 0) is 90.3 Å². The molecular weight excluding hydrogens is 332 g/mol. The molecule has 2 nitrogen and oxygen atoms in total. The summed E-state index contributed by atoms with van der Waals surface area (Å²) in [6, 6.07) is 16.1. The molecule has 2 fully saturated rings. The van der Waals surface area contributed by atoms with E-state index in [1.165, 1.54) is 11.1 Å². The smallest absolute Gasteiger partial charge is 0.165 e. The quantitative estimate of drug-likeness (QED) is 0.682. The van der Waals surface area contributed by atoms with E-state index in [4.69, 9.17) is 0 Å². The fourth-order valence-corrected chi connectivity index (χ4v) is 6.12. The number of phenolic OH excluding ortho intramolecular Hbond substituents is 1. The van der Waals surface area contributed by atoms with Crippen LogP contribution in [0, 0.1) is 17.3 Å². The van der Waals surface area contributed by atoms with Gasteiger partial charge in [0, 0.05) is 5.41 Å². The molecule has 0 saturated heterocycles. The van der Waals surface area contributed by atoms with Gasteiger partial charge in [0.2, 0.25) is 0 Å². The summed E-state index contributed by atoms with van der Waals surface area (Å²) in [5, 5.41) is 9.83. The number of Topliss-reactive ketones (excluding diaryl/α,β-unsaturated/α-hetero) is 1. The summed E-state index contributed by atoms with van der Waals surface area (Å²) in [5.74, 6) is 2.31. The molecule has 0 amide bonds. The Labute approximate surface area is 160 Å². The molecule has 2 heteroatoms. The van der Waals surface area contributed by atoms with E-state index in [2.05, 4.69) is 31.2 Å². The van der Waals surface area contributed by atoms with Crippen molar-refractivity contribution in [1.29, 1.82) is 0 Å². The van der Waals surface area contributed by atoms with E-state index in [0.29, 0.717) is 29.3 Å². The largest absolute Gasteiger partial charge is 0.508 e. The molecule has 0 aliphatic heterocycles. The average Bonchev–Trinajstić information content (AvgIpc) is 2.93. The first-order chi connectivity index (χ1) is 13.1. The third kappa shape index (κ3) is 2.57. The third-order valence-electron chi connectivity index (χ3n) is 7.49. The van der Waals surface area contributed by atoms with Gasteiger partial charge >= 0.3 is 0 Å². The first kappa shape index (κ1) is 16.8. The standard InChI is InChI=1S/C25H26O2/c1-25-12-11-21-20-10-8-19(26)14-17(20)7-9-22(21)23(25)15-18(24(25)27)13-16-5-3-2-4-6-16/h2-6,8,10,13-14,21-23,26H,7,9,11-12,15H2,1H3/t21?,22?,23?,25-/m0/s1. The topological polar surface area (TPSA) is 37.3 Å². The van der Waals surface area contributed by atoms with E-state index in [0.717, 1.165) is 43.2 Å². The molecule has 3 unspecified atom stereocenters. The Hall–Kier alpha value is -2.35. The summed E-state index contributed by atoms with van der Waals surface area (Å²) in [7, 11) is 0. The van der Waals surface area contributed by atoms with Crippen molar-refractivity contribution >= 4 is 11.9 Å². The number of carbonyl (C=O) groups is 1. The Kier molecular flexibility index (Phi) is 3.79. The lowest BCUT2D eigenvalue weighted by Gasteiger charge is -2.48. The average molecular weight is 358 g/mol. The summed E-state index contributed by atoms with van der Waals surface area (Å²) in [6.45, 7) is 2.22. The number of carbonyl (C=O) groups excluding carboxylic acids is 1. The van der Waals surface area contributed by atoms with Crippen molar-refractivity contribution in [2.45, 2.75) is 44.9 Å². The van der Waals surface area contributed by atoms with Crippen LogP contribution < -0.4 is 0 Å². The minimum Gasteiger partial charge on any atom is -0.508 e. The Morgan fingerprint density at radius 3 is 2.74 bits per heavy atom. The first-order valence-corrected chi connectivity index (χ1v) is 10.2. The van der Waals surface area contributed by atoms with Crippen molar-refractivity contribution in [3.05, 3.63) is 70.8 Å². The van der Waals surface area contributed by atoms with Crippen LogP contribution in [0.1, 0.15) is 55.2 Å². The summed E-state index contributed by atoms with van der Waals surface area (Å²) in [5.41, 5.74) is 4.68. The van der Waals surface area contributed by atoms with E-state index in [1.54, 1.807) is 0 Å². The number of benzene rings is 2. The monoisotopic (exact) mass is 358 g/mol. The molecule has 1 N–H and O–H groups in total. The van der Waals surface area contributed by atoms with Crippen molar-refractivity contribution in [3.63, 3.8) is 0 Å². The molecular formula is C25H26O2. The van der Waals surface area contributed by atoms with Gasteiger partial charge in [-0.25, -0.2) is 0 Å². The van der Waals surface area contributed by atoms with Gasteiger partial charge < -0.3 is 5.11 Å². The normalized spacial score (nSPS) is 33.4. The van der Waals surface area contributed by atoms with E-state index in [-0.39, 0.29) is 5.41 Å². The lowest BCUT2D eigenvalue weighted by atomic mass is 9.55. The van der Waals surface area contributed by atoms with E-state index in [1.807, 2.05) is 30.3 Å². The maximum atomic E-state index is 13.3. The van der Waals surface area contributed by atoms with Gasteiger partial charge in [0.1, 0.15) is 5.75 Å². The molecule has 0 spiro atoms. The SMILES string of the molecule is C[C@]12CCC3c4ccc(O)cc4CCC3C1CC(=Cc1ccccc1)C2=O. The summed E-state index contributed by atoms with van der Waals surface area (Å²) >= 11 is 0. The number of fused-ring (bicyclic) bond motifs is 5. The van der Waals surface area contributed by atoms with Crippen LogP contribution in [0.4, 0.5) is 0 Å². The van der Waals surface area contributed by atoms with Crippen molar-refractivity contribution in [3.8, 4) is 5.75 Å². The number of hydrogen-bond acceptors (Lipinski definition) is 2. The van der Waals surface area contributed by atoms with Gasteiger partial charge in [0.25, 0.3) is 0 Å². The molecule has 3 aliphatic carbocycles. The second-order valence-electron chi connectivity index (χ2n) is 8.87. The lowest BCUT2D eigenvalue weighted by molar-refractivity contribution is -0.127. The molecule has 0 radical (unpaired) electrons. The van der Waals surface area contributed by atoms with Crippen LogP contribution in [0.15, 0.2) is 54.1 Å². The number of hydrogen-bond donors (Lipinski definition) is 1. The highest BCUT2D eigenvalue weighted by Crippen LogP contribution is 2.60. The van der Waals surface area contributed by atoms with Crippen LogP contribution in [0.3, 0.4) is 0 Å². The number of rotatable bonds is 1. The maximum Gasteiger partial charge on any atom is 0.165 e. The van der Waals surface area contributed by atoms with Crippen molar-refractivity contribution in [2.75, 3.05) is 0 Å². The highest BCUT2D eigenvalue weighted by atomic mass is 16.3. The van der Waals surface area contributed by atoms with Crippen LogP contribution in [0.5, 0.6) is 5.75 Å². The van der Waals surface area contributed by atoms with E-state index >= 15 is 0 Å². The predicted molar refractivity (Wildman–Crippen MR) is 108 cm³/mol. The molecule has 2 saturated carbocycles. The highest BCUT2D eigenvalue weighted by Gasteiger charge is 2.56. The second-order valence-corrected chi connectivity index (χ2v) is 8.87. The Balaban J connectivity index is 1.50. The molecule has 4 atom stereocenters. The summed E-state index contributed by atoms with van der Waals surface area (Å²) < 4.78 is 0. The molecule has 27 heavy (non-hydrogen) atoms. The van der Waals surface area contributed by atoms with Gasteiger partial charge in [0.05, 0.1) is 0 Å². The zero-order chi connectivity index (χ0) is 18.6. The Morgan fingerprint density at radius 2 is 1.93 bits per heavy atom. The summed E-state index contributed by atoms with van der Waals surface area (Å²) in [4.78, 5) is 13.3. The molecule has 0 bridgehead atoms. The van der Waals surface area contributed by atoms with Crippen LogP contribution in [-0.4, -0.2) is 10.9 Å². The lowest BCUT2D eigenvalue weighted by Crippen LogP contribution is -2.42. The molecule has 5 rings (SSSR count). The Morgan fingerprint density at radius 1 is 1.11 bits per heavy atom.